The van der Waals surface area contributed by atoms with Gasteiger partial charge >= 0.3 is 0 Å². The van der Waals surface area contributed by atoms with Crippen molar-refractivity contribution in [3.63, 3.8) is 0 Å². The molecule has 1 fully saturated rings. The van der Waals surface area contributed by atoms with E-state index in [1.54, 1.807) is 0 Å². The van der Waals surface area contributed by atoms with Gasteiger partial charge in [-0.25, -0.2) is 0 Å². The molecule has 0 bridgehead atoms. The van der Waals surface area contributed by atoms with Crippen LogP contribution in [0.5, 0.6) is 0 Å². The van der Waals surface area contributed by atoms with Gasteiger partial charge in [0.1, 0.15) is 0 Å². The van der Waals surface area contributed by atoms with Crippen molar-refractivity contribution >= 4 is 0 Å². The molecule has 1 aliphatic rings. The zero-order valence-electron chi connectivity index (χ0n) is 8.71. The van der Waals surface area contributed by atoms with E-state index in [9.17, 15) is 5.11 Å². The molecule has 3 unspecified atom stereocenters. The Kier molecular flexibility index (Phi) is 4.74. The van der Waals surface area contributed by atoms with Gasteiger partial charge in [0.2, 0.25) is 0 Å². The first-order valence-electron chi connectivity index (χ1n) is 5.66. The monoisotopic (exact) mass is 185 g/mol. The summed E-state index contributed by atoms with van der Waals surface area (Å²) in [6, 6.07) is 0. The molecule has 0 radical (unpaired) electrons. The Morgan fingerprint density at radius 1 is 1.46 bits per heavy atom. The molecule has 3 N–H and O–H groups in total. The maximum atomic E-state index is 9.81. The van der Waals surface area contributed by atoms with Crippen LogP contribution >= 0.6 is 0 Å². The Labute approximate surface area is 81.5 Å². The normalized spacial score (nSPS) is 31.6. The molecule has 13 heavy (non-hydrogen) atoms. The third-order valence-corrected chi connectivity index (χ3v) is 3.41. The van der Waals surface area contributed by atoms with Crippen LogP contribution in [0.15, 0.2) is 0 Å². The summed E-state index contributed by atoms with van der Waals surface area (Å²) in [5.41, 5.74) is 5.44. The van der Waals surface area contributed by atoms with Gasteiger partial charge in [-0.05, 0) is 37.6 Å². The van der Waals surface area contributed by atoms with Gasteiger partial charge in [-0.15, -0.1) is 0 Å². The Morgan fingerprint density at radius 2 is 2.23 bits per heavy atom. The van der Waals surface area contributed by atoms with Crippen LogP contribution in [0.3, 0.4) is 0 Å². The average molecular weight is 185 g/mol. The molecule has 1 saturated carbocycles. The lowest BCUT2D eigenvalue weighted by Gasteiger charge is -2.31. The Bertz CT molecular complexity index is 138. The van der Waals surface area contributed by atoms with E-state index >= 15 is 0 Å². The SMILES string of the molecule is CCC1CCCC(C(O)CCN)C1. The Hall–Kier alpha value is -0.0800. The fourth-order valence-corrected chi connectivity index (χ4v) is 2.46. The lowest BCUT2D eigenvalue weighted by Crippen LogP contribution is -2.28. The molecule has 0 aliphatic heterocycles. The number of nitrogens with two attached hydrogens (primary N) is 1. The summed E-state index contributed by atoms with van der Waals surface area (Å²) in [7, 11) is 0. The van der Waals surface area contributed by atoms with Gasteiger partial charge in [-0.3, -0.25) is 0 Å². The second-order valence-electron chi connectivity index (χ2n) is 4.35. The number of aliphatic hydroxyl groups excluding tert-OH is 1. The van der Waals surface area contributed by atoms with E-state index in [1.165, 1.54) is 32.1 Å². The lowest BCUT2D eigenvalue weighted by molar-refractivity contribution is 0.0634. The molecule has 0 aromatic heterocycles. The summed E-state index contributed by atoms with van der Waals surface area (Å²) in [6.07, 6.45) is 6.99. The zero-order chi connectivity index (χ0) is 9.68. The summed E-state index contributed by atoms with van der Waals surface area (Å²) in [5, 5.41) is 9.81. The van der Waals surface area contributed by atoms with Crippen molar-refractivity contribution in [2.45, 2.75) is 51.6 Å². The van der Waals surface area contributed by atoms with E-state index in [1.807, 2.05) is 0 Å². The molecule has 3 atom stereocenters. The largest absolute Gasteiger partial charge is 0.393 e. The van der Waals surface area contributed by atoms with Crippen LogP contribution in [0.25, 0.3) is 0 Å². The molecule has 0 spiro atoms. The van der Waals surface area contributed by atoms with Crippen molar-refractivity contribution in [1.29, 1.82) is 0 Å². The summed E-state index contributed by atoms with van der Waals surface area (Å²) >= 11 is 0. The van der Waals surface area contributed by atoms with Gasteiger partial charge < -0.3 is 10.8 Å². The maximum absolute atomic E-state index is 9.81. The number of aliphatic hydroxyl groups is 1. The van der Waals surface area contributed by atoms with E-state index in [-0.39, 0.29) is 6.10 Å². The van der Waals surface area contributed by atoms with Crippen molar-refractivity contribution in [2.75, 3.05) is 6.54 Å². The first-order chi connectivity index (χ1) is 6.27. The van der Waals surface area contributed by atoms with Crippen molar-refractivity contribution in [1.82, 2.24) is 0 Å². The molecule has 2 nitrogen and oxygen atoms in total. The smallest absolute Gasteiger partial charge is 0.0580 e. The first kappa shape index (κ1) is 11.0. The van der Waals surface area contributed by atoms with Crippen LogP contribution in [0.4, 0.5) is 0 Å². The number of hydrogen-bond donors (Lipinski definition) is 2. The van der Waals surface area contributed by atoms with Gasteiger partial charge in [0.05, 0.1) is 6.10 Å². The Morgan fingerprint density at radius 3 is 2.85 bits per heavy atom. The van der Waals surface area contributed by atoms with Gasteiger partial charge in [-0.1, -0.05) is 26.2 Å². The van der Waals surface area contributed by atoms with Crippen LogP contribution in [0.1, 0.15) is 45.4 Å². The second-order valence-corrected chi connectivity index (χ2v) is 4.35. The highest BCUT2D eigenvalue weighted by molar-refractivity contribution is 4.77. The summed E-state index contributed by atoms with van der Waals surface area (Å²) in [5.74, 6) is 1.38. The lowest BCUT2D eigenvalue weighted by atomic mass is 9.77. The summed E-state index contributed by atoms with van der Waals surface area (Å²) in [6.45, 7) is 2.87. The van der Waals surface area contributed by atoms with Crippen LogP contribution in [-0.4, -0.2) is 17.8 Å². The highest BCUT2D eigenvalue weighted by atomic mass is 16.3. The average Bonchev–Trinajstić information content (AvgIpc) is 2.18. The minimum atomic E-state index is -0.139. The molecule has 78 valence electrons. The van der Waals surface area contributed by atoms with Crippen LogP contribution in [0.2, 0.25) is 0 Å². The maximum Gasteiger partial charge on any atom is 0.0580 e. The molecule has 0 aromatic carbocycles. The standard InChI is InChI=1S/C11H23NO/c1-2-9-4-3-5-10(8-9)11(13)6-7-12/h9-11,13H,2-8,12H2,1H3. The van der Waals surface area contributed by atoms with Crippen molar-refractivity contribution in [3.05, 3.63) is 0 Å². The van der Waals surface area contributed by atoms with E-state index in [4.69, 9.17) is 5.73 Å². The highest BCUT2D eigenvalue weighted by Crippen LogP contribution is 2.33. The van der Waals surface area contributed by atoms with E-state index < -0.39 is 0 Å². The van der Waals surface area contributed by atoms with Crippen molar-refractivity contribution in [3.8, 4) is 0 Å². The quantitative estimate of drug-likeness (QED) is 0.703. The van der Waals surface area contributed by atoms with E-state index in [0.717, 1.165) is 12.3 Å². The highest BCUT2D eigenvalue weighted by Gasteiger charge is 2.25. The number of hydrogen-bond acceptors (Lipinski definition) is 2. The molecule has 0 saturated heterocycles. The van der Waals surface area contributed by atoms with Crippen molar-refractivity contribution in [2.24, 2.45) is 17.6 Å². The van der Waals surface area contributed by atoms with Gasteiger partial charge in [0, 0.05) is 0 Å². The number of rotatable bonds is 4. The molecule has 1 aliphatic carbocycles. The minimum Gasteiger partial charge on any atom is -0.393 e. The molecule has 2 heteroatoms. The fraction of sp³-hybridized carbons (Fsp3) is 1.00. The second kappa shape index (κ2) is 5.61. The van der Waals surface area contributed by atoms with Crippen LogP contribution in [0, 0.1) is 11.8 Å². The molecular formula is C11H23NO. The van der Waals surface area contributed by atoms with Crippen LogP contribution < -0.4 is 5.73 Å². The van der Waals surface area contributed by atoms with E-state index in [2.05, 4.69) is 6.92 Å². The first-order valence-corrected chi connectivity index (χ1v) is 5.66. The summed E-state index contributed by atoms with van der Waals surface area (Å²) in [4.78, 5) is 0. The zero-order valence-corrected chi connectivity index (χ0v) is 8.71. The Balaban J connectivity index is 2.32. The van der Waals surface area contributed by atoms with Crippen molar-refractivity contribution < 1.29 is 5.11 Å². The molecule has 0 amide bonds. The topological polar surface area (TPSA) is 46.2 Å². The van der Waals surface area contributed by atoms with E-state index in [0.29, 0.717) is 12.5 Å². The van der Waals surface area contributed by atoms with Crippen LogP contribution in [-0.2, 0) is 0 Å². The fourth-order valence-electron chi connectivity index (χ4n) is 2.46. The predicted octanol–water partition coefficient (Wildman–Crippen LogP) is 1.91. The molecular weight excluding hydrogens is 162 g/mol. The third-order valence-electron chi connectivity index (χ3n) is 3.41. The third kappa shape index (κ3) is 3.28. The molecule has 0 heterocycles. The van der Waals surface area contributed by atoms with Gasteiger partial charge in [-0.2, -0.15) is 0 Å². The van der Waals surface area contributed by atoms with Gasteiger partial charge in [0.15, 0.2) is 0 Å². The molecule has 1 rings (SSSR count). The summed E-state index contributed by atoms with van der Waals surface area (Å²) < 4.78 is 0. The predicted molar refractivity (Wildman–Crippen MR) is 55.4 cm³/mol. The molecule has 0 aromatic rings. The minimum absolute atomic E-state index is 0.139. The van der Waals surface area contributed by atoms with Gasteiger partial charge in [0.25, 0.3) is 0 Å².